The number of nitrogens with zero attached hydrogens (tertiary/aromatic N) is 1. The molecule has 0 radical (unpaired) electrons. The number of hydrogen-bond acceptors (Lipinski definition) is 6. The average Bonchev–Trinajstić information content (AvgIpc) is 2.48. The first kappa shape index (κ1) is 19.7. The summed E-state index contributed by atoms with van der Waals surface area (Å²) in [5, 5.41) is 0. The smallest absolute Gasteiger partial charge is 0.410 e. The molecule has 1 heterocycles. The Balaban J connectivity index is 2.11. The fourth-order valence-corrected chi connectivity index (χ4v) is 3.38. The van der Waals surface area contributed by atoms with Crippen LogP contribution in [0.25, 0.3) is 0 Å². The Morgan fingerprint density at radius 3 is 2.40 bits per heavy atom. The molecule has 25 heavy (non-hydrogen) atoms. The van der Waals surface area contributed by atoms with Gasteiger partial charge in [-0.1, -0.05) is 17.7 Å². The van der Waals surface area contributed by atoms with Crippen LogP contribution in [0.5, 0.6) is 0 Å². The van der Waals surface area contributed by atoms with E-state index in [1.54, 1.807) is 39.8 Å². The first-order valence-corrected chi connectivity index (χ1v) is 9.51. The van der Waals surface area contributed by atoms with E-state index in [9.17, 15) is 13.2 Å². The summed E-state index contributed by atoms with van der Waals surface area (Å²) in [7, 11) is -4.00. The zero-order chi connectivity index (χ0) is 18.8. The van der Waals surface area contributed by atoms with Gasteiger partial charge < -0.3 is 9.47 Å². The molecule has 1 amide bonds. The van der Waals surface area contributed by atoms with Crippen molar-refractivity contribution in [3.63, 3.8) is 0 Å². The van der Waals surface area contributed by atoms with Gasteiger partial charge in [0.1, 0.15) is 5.60 Å². The summed E-state index contributed by atoms with van der Waals surface area (Å²) in [6.45, 7) is 9.31. The molecule has 1 aliphatic rings. The second-order valence-corrected chi connectivity index (χ2v) is 8.59. The Labute approximate surface area is 149 Å². The van der Waals surface area contributed by atoms with Gasteiger partial charge in [0.15, 0.2) is 6.29 Å². The standard InChI is InChI=1S/C17H25NO6S/c1-12-6-8-14(9-7-12)25(20,21)24-15-13(2)18(10-11-22-15)16(19)23-17(3,4)5/h6-9,13,15H,10-11H2,1-5H3. The van der Waals surface area contributed by atoms with E-state index in [2.05, 4.69) is 0 Å². The van der Waals surface area contributed by atoms with Crippen LogP contribution in [0.15, 0.2) is 29.2 Å². The Bertz CT molecular complexity index is 708. The van der Waals surface area contributed by atoms with Gasteiger partial charge in [-0.25, -0.2) is 8.98 Å². The average molecular weight is 371 g/mol. The highest BCUT2D eigenvalue weighted by atomic mass is 32.2. The molecule has 8 heteroatoms. The first-order valence-electron chi connectivity index (χ1n) is 8.11. The first-order chi connectivity index (χ1) is 11.5. The molecule has 140 valence electrons. The van der Waals surface area contributed by atoms with Crippen molar-refractivity contribution in [2.75, 3.05) is 13.2 Å². The van der Waals surface area contributed by atoms with Crippen molar-refractivity contribution in [3.8, 4) is 0 Å². The molecule has 1 aliphatic heterocycles. The molecular weight excluding hydrogens is 346 g/mol. The van der Waals surface area contributed by atoms with E-state index in [0.717, 1.165) is 5.56 Å². The molecular formula is C17H25NO6S. The summed E-state index contributed by atoms with van der Waals surface area (Å²) in [6, 6.07) is 5.72. The van der Waals surface area contributed by atoms with Crippen molar-refractivity contribution in [1.29, 1.82) is 0 Å². The Hall–Kier alpha value is -1.64. The monoisotopic (exact) mass is 371 g/mol. The highest BCUT2D eigenvalue weighted by Gasteiger charge is 2.38. The van der Waals surface area contributed by atoms with Gasteiger partial charge >= 0.3 is 6.09 Å². The number of aryl methyl sites for hydroxylation is 1. The molecule has 1 saturated heterocycles. The van der Waals surface area contributed by atoms with Gasteiger partial charge in [0.25, 0.3) is 10.1 Å². The number of morpholine rings is 1. The number of carbonyl (C=O) groups is 1. The highest BCUT2D eigenvalue weighted by Crippen LogP contribution is 2.23. The van der Waals surface area contributed by atoms with Gasteiger partial charge in [-0.15, -0.1) is 0 Å². The fourth-order valence-electron chi connectivity index (χ4n) is 2.33. The third kappa shape index (κ3) is 5.17. The maximum atomic E-state index is 12.4. The molecule has 2 atom stereocenters. The van der Waals surface area contributed by atoms with Gasteiger partial charge in [-0.3, -0.25) is 4.90 Å². The maximum absolute atomic E-state index is 12.4. The van der Waals surface area contributed by atoms with Crippen molar-refractivity contribution >= 4 is 16.2 Å². The van der Waals surface area contributed by atoms with Gasteiger partial charge in [0, 0.05) is 6.54 Å². The van der Waals surface area contributed by atoms with Crippen LogP contribution in [-0.2, 0) is 23.8 Å². The van der Waals surface area contributed by atoms with E-state index in [1.807, 2.05) is 6.92 Å². The highest BCUT2D eigenvalue weighted by molar-refractivity contribution is 7.86. The summed E-state index contributed by atoms with van der Waals surface area (Å²) in [6.07, 6.45) is -1.61. The number of carbonyl (C=O) groups excluding carboxylic acids is 1. The summed E-state index contributed by atoms with van der Waals surface area (Å²) >= 11 is 0. The van der Waals surface area contributed by atoms with E-state index in [1.165, 1.54) is 17.0 Å². The molecule has 2 unspecified atom stereocenters. The lowest BCUT2D eigenvalue weighted by Gasteiger charge is -2.38. The van der Waals surface area contributed by atoms with Crippen molar-refractivity contribution in [1.82, 2.24) is 4.90 Å². The number of rotatable bonds is 3. The van der Waals surface area contributed by atoms with Crippen LogP contribution in [0.4, 0.5) is 4.79 Å². The zero-order valence-electron chi connectivity index (χ0n) is 15.2. The van der Waals surface area contributed by atoms with Crippen LogP contribution in [0, 0.1) is 6.92 Å². The Morgan fingerprint density at radius 1 is 1.24 bits per heavy atom. The Morgan fingerprint density at radius 2 is 1.84 bits per heavy atom. The van der Waals surface area contributed by atoms with E-state index in [4.69, 9.17) is 13.7 Å². The van der Waals surface area contributed by atoms with Crippen molar-refractivity contribution in [2.45, 2.75) is 57.4 Å². The molecule has 0 N–H and O–H groups in total. The minimum Gasteiger partial charge on any atom is -0.444 e. The molecule has 1 fully saturated rings. The normalized spacial score (nSPS) is 21.9. The lowest BCUT2D eigenvalue weighted by Crippen LogP contribution is -2.54. The summed E-state index contributed by atoms with van der Waals surface area (Å²) in [4.78, 5) is 13.8. The minimum absolute atomic E-state index is 0.0447. The SMILES string of the molecule is Cc1ccc(S(=O)(=O)OC2OCCN(C(=O)OC(C)(C)C)C2C)cc1. The molecule has 0 aliphatic carbocycles. The molecule has 0 spiro atoms. The quantitative estimate of drug-likeness (QED) is 0.760. The lowest BCUT2D eigenvalue weighted by atomic mass is 10.2. The van der Waals surface area contributed by atoms with Gasteiger partial charge in [0.05, 0.1) is 17.5 Å². The molecule has 0 saturated carbocycles. The van der Waals surface area contributed by atoms with Crippen molar-refractivity contribution in [2.24, 2.45) is 0 Å². The largest absolute Gasteiger partial charge is 0.444 e. The molecule has 0 bridgehead atoms. The van der Waals surface area contributed by atoms with Gasteiger partial charge in [0.2, 0.25) is 0 Å². The number of ether oxygens (including phenoxy) is 2. The molecule has 1 aromatic rings. The van der Waals surface area contributed by atoms with E-state index in [-0.39, 0.29) is 11.5 Å². The van der Waals surface area contributed by atoms with Crippen LogP contribution in [0.1, 0.15) is 33.3 Å². The number of amides is 1. The third-order valence-electron chi connectivity index (χ3n) is 3.66. The maximum Gasteiger partial charge on any atom is 0.410 e. The molecule has 7 nitrogen and oxygen atoms in total. The van der Waals surface area contributed by atoms with E-state index in [0.29, 0.717) is 6.54 Å². The predicted octanol–water partition coefficient (Wildman–Crippen LogP) is 2.68. The summed E-state index contributed by atoms with van der Waals surface area (Å²) in [5.41, 5.74) is 0.303. The topological polar surface area (TPSA) is 82.1 Å². The number of hydrogen-bond donors (Lipinski definition) is 0. The second-order valence-electron chi connectivity index (χ2n) is 7.02. The Kier molecular flexibility index (Phi) is 5.75. The second kappa shape index (κ2) is 7.31. The van der Waals surface area contributed by atoms with Crippen LogP contribution in [0.3, 0.4) is 0 Å². The van der Waals surface area contributed by atoms with Crippen LogP contribution < -0.4 is 0 Å². The molecule has 0 aromatic heterocycles. The summed E-state index contributed by atoms with van der Waals surface area (Å²) < 4.78 is 40.9. The van der Waals surface area contributed by atoms with E-state index >= 15 is 0 Å². The van der Waals surface area contributed by atoms with Gasteiger partial charge in [-0.05, 0) is 46.8 Å². The number of benzene rings is 1. The fraction of sp³-hybridized carbons (Fsp3) is 0.588. The van der Waals surface area contributed by atoms with E-state index < -0.39 is 34.1 Å². The van der Waals surface area contributed by atoms with Crippen LogP contribution in [0.2, 0.25) is 0 Å². The summed E-state index contributed by atoms with van der Waals surface area (Å²) in [5.74, 6) is 0. The third-order valence-corrected chi connectivity index (χ3v) is 4.95. The molecule has 2 rings (SSSR count). The van der Waals surface area contributed by atoms with Crippen molar-refractivity contribution in [3.05, 3.63) is 29.8 Å². The van der Waals surface area contributed by atoms with Crippen molar-refractivity contribution < 1.29 is 26.9 Å². The zero-order valence-corrected chi connectivity index (χ0v) is 16.0. The minimum atomic E-state index is -4.00. The lowest BCUT2D eigenvalue weighted by molar-refractivity contribution is -0.153. The predicted molar refractivity (Wildman–Crippen MR) is 91.6 cm³/mol. The van der Waals surface area contributed by atoms with Crippen LogP contribution >= 0.6 is 0 Å². The molecule has 1 aromatic carbocycles. The van der Waals surface area contributed by atoms with Gasteiger partial charge in [-0.2, -0.15) is 8.42 Å². The van der Waals surface area contributed by atoms with Crippen LogP contribution in [-0.4, -0.2) is 50.5 Å².